The minimum absolute atomic E-state index is 0.0768. The first-order valence-electron chi connectivity index (χ1n) is 7.17. The summed E-state index contributed by atoms with van der Waals surface area (Å²) in [7, 11) is 1.60. The van der Waals surface area contributed by atoms with E-state index in [1.165, 1.54) is 0 Å². The van der Waals surface area contributed by atoms with Crippen molar-refractivity contribution in [1.29, 1.82) is 0 Å². The van der Waals surface area contributed by atoms with E-state index in [1.54, 1.807) is 11.8 Å². The number of methoxy groups -OCH3 is 1. The first kappa shape index (κ1) is 17.6. The molecular formula is C14H26N4O3. The van der Waals surface area contributed by atoms with Crippen molar-refractivity contribution in [2.24, 2.45) is 11.3 Å². The van der Waals surface area contributed by atoms with E-state index in [9.17, 15) is 9.90 Å². The molecule has 0 bridgehead atoms. The number of tetrazole rings is 1. The Morgan fingerprint density at radius 1 is 1.38 bits per heavy atom. The molecular weight excluding hydrogens is 272 g/mol. The molecule has 2 atom stereocenters. The number of aromatic nitrogens is 4. The van der Waals surface area contributed by atoms with E-state index in [2.05, 4.69) is 15.5 Å². The van der Waals surface area contributed by atoms with Crippen LogP contribution in [0.1, 0.15) is 53.3 Å². The van der Waals surface area contributed by atoms with Crippen LogP contribution in [0.15, 0.2) is 0 Å². The second-order valence-corrected chi connectivity index (χ2v) is 6.77. The van der Waals surface area contributed by atoms with E-state index >= 15 is 0 Å². The zero-order valence-corrected chi connectivity index (χ0v) is 13.8. The van der Waals surface area contributed by atoms with Gasteiger partial charge in [-0.3, -0.25) is 4.79 Å². The predicted molar refractivity (Wildman–Crippen MR) is 77.7 cm³/mol. The molecule has 21 heavy (non-hydrogen) atoms. The van der Waals surface area contributed by atoms with Crippen LogP contribution in [0.4, 0.5) is 0 Å². The largest absolute Gasteiger partial charge is 0.481 e. The molecule has 1 aromatic rings. The SMILES string of the molecule is CCC(C)(OC)c1nnnn1CC(CC(C)(C)C)C(=O)O. The first-order chi connectivity index (χ1) is 9.63. The Balaban J connectivity index is 3.02. The highest BCUT2D eigenvalue weighted by Crippen LogP contribution is 2.29. The maximum absolute atomic E-state index is 11.5. The first-order valence-corrected chi connectivity index (χ1v) is 7.17. The standard InChI is InChI=1S/C14H26N4O3/c1-7-14(5,21-6)12-15-16-17-18(12)9-10(11(19)20)8-13(2,3)4/h10H,7-9H2,1-6H3,(H,19,20). The molecule has 0 amide bonds. The van der Waals surface area contributed by atoms with Gasteiger partial charge in [-0.2, -0.15) is 0 Å². The Labute approximate surface area is 125 Å². The normalized spacial score (nSPS) is 16.5. The van der Waals surface area contributed by atoms with Gasteiger partial charge in [0.1, 0.15) is 5.60 Å². The van der Waals surface area contributed by atoms with Crippen LogP contribution in [0, 0.1) is 11.3 Å². The van der Waals surface area contributed by atoms with Gasteiger partial charge in [-0.25, -0.2) is 4.68 Å². The van der Waals surface area contributed by atoms with E-state index < -0.39 is 17.5 Å². The summed E-state index contributed by atoms with van der Waals surface area (Å²) in [4.78, 5) is 11.5. The molecule has 0 saturated carbocycles. The van der Waals surface area contributed by atoms with Crippen LogP contribution < -0.4 is 0 Å². The van der Waals surface area contributed by atoms with E-state index in [-0.39, 0.29) is 12.0 Å². The Hall–Kier alpha value is -1.50. The van der Waals surface area contributed by atoms with Crippen molar-refractivity contribution in [3.8, 4) is 0 Å². The van der Waals surface area contributed by atoms with E-state index in [0.29, 0.717) is 18.7 Å². The third kappa shape index (κ3) is 4.49. The molecule has 2 unspecified atom stereocenters. The second kappa shape index (κ2) is 6.51. The van der Waals surface area contributed by atoms with Crippen molar-refractivity contribution in [2.45, 2.75) is 59.6 Å². The highest BCUT2D eigenvalue weighted by atomic mass is 16.5. The number of hydrogen-bond acceptors (Lipinski definition) is 5. The summed E-state index contributed by atoms with van der Waals surface area (Å²) in [5.41, 5.74) is -0.694. The number of aliphatic carboxylic acids is 1. The van der Waals surface area contributed by atoms with Gasteiger partial charge in [0.05, 0.1) is 12.5 Å². The minimum atomic E-state index is -0.831. The van der Waals surface area contributed by atoms with Crippen molar-refractivity contribution in [2.75, 3.05) is 7.11 Å². The van der Waals surface area contributed by atoms with E-state index in [1.807, 2.05) is 34.6 Å². The van der Waals surface area contributed by atoms with Crippen LogP contribution in [0.25, 0.3) is 0 Å². The van der Waals surface area contributed by atoms with Crippen molar-refractivity contribution < 1.29 is 14.6 Å². The van der Waals surface area contributed by atoms with Crippen molar-refractivity contribution in [3.63, 3.8) is 0 Å². The monoisotopic (exact) mass is 298 g/mol. The van der Waals surface area contributed by atoms with Gasteiger partial charge in [0.15, 0.2) is 5.82 Å². The van der Waals surface area contributed by atoms with E-state index in [0.717, 1.165) is 0 Å². The summed E-state index contributed by atoms with van der Waals surface area (Å²) >= 11 is 0. The summed E-state index contributed by atoms with van der Waals surface area (Å²) in [6.07, 6.45) is 1.25. The van der Waals surface area contributed by atoms with Crippen LogP contribution in [-0.2, 0) is 21.7 Å². The minimum Gasteiger partial charge on any atom is -0.481 e. The molecule has 1 heterocycles. The average molecular weight is 298 g/mol. The Kier molecular flexibility index (Phi) is 5.44. The van der Waals surface area contributed by atoms with Crippen LogP contribution in [0.5, 0.6) is 0 Å². The number of rotatable bonds is 7. The number of carboxylic acids is 1. The summed E-state index contributed by atoms with van der Waals surface area (Å²) in [5.74, 6) is -0.806. The second-order valence-electron chi connectivity index (χ2n) is 6.77. The number of carbonyl (C=O) groups is 1. The lowest BCUT2D eigenvalue weighted by molar-refractivity contribution is -0.143. The van der Waals surface area contributed by atoms with Crippen LogP contribution in [0.3, 0.4) is 0 Å². The zero-order valence-electron chi connectivity index (χ0n) is 13.8. The van der Waals surface area contributed by atoms with Crippen LogP contribution >= 0.6 is 0 Å². The Morgan fingerprint density at radius 2 is 2.00 bits per heavy atom. The summed E-state index contributed by atoms with van der Waals surface area (Å²) in [5, 5.41) is 21.1. The maximum atomic E-state index is 11.5. The topological polar surface area (TPSA) is 90.1 Å². The van der Waals surface area contributed by atoms with Gasteiger partial charge in [-0.1, -0.05) is 27.7 Å². The lowest BCUT2D eigenvalue weighted by Crippen LogP contribution is -2.32. The molecule has 0 aliphatic rings. The number of nitrogens with zero attached hydrogens (tertiary/aromatic N) is 4. The summed E-state index contributed by atoms with van der Waals surface area (Å²) in [6, 6.07) is 0. The molecule has 0 aromatic carbocycles. The average Bonchev–Trinajstić information content (AvgIpc) is 2.84. The molecule has 0 spiro atoms. The van der Waals surface area contributed by atoms with Crippen LogP contribution in [0.2, 0.25) is 0 Å². The van der Waals surface area contributed by atoms with Gasteiger partial charge in [-0.05, 0) is 35.6 Å². The Morgan fingerprint density at radius 3 is 2.43 bits per heavy atom. The molecule has 120 valence electrons. The fourth-order valence-electron chi connectivity index (χ4n) is 2.28. The van der Waals surface area contributed by atoms with Gasteiger partial charge in [0.2, 0.25) is 0 Å². The summed E-state index contributed by atoms with van der Waals surface area (Å²) < 4.78 is 7.06. The van der Waals surface area contributed by atoms with Crippen LogP contribution in [-0.4, -0.2) is 38.4 Å². The Bertz CT molecular complexity index is 475. The molecule has 7 heteroatoms. The molecule has 0 aliphatic heterocycles. The molecule has 1 N–H and O–H groups in total. The molecule has 0 aliphatic carbocycles. The van der Waals surface area contributed by atoms with Crippen molar-refractivity contribution in [3.05, 3.63) is 5.82 Å². The third-order valence-electron chi connectivity index (χ3n) is 3.73. The molecule has 1 rings (SSSR count). The van der Waals surface area contributed by atoms with Crippen molar-refractivity contribution >= 4 is 5.97 Å². The molecule has 1 aromatic heterocycles. The lowest BCUT2D eigenvalue weighted by Gasteiger charge is -2.27. The van der Waals surface area contributed by atoms with Crippen molar-refractivity contribution in [1.82, 2.24) is 20.2 Å². The molecule has 0 radical (unpaired) electrons. The van der Waals surface area contributed by atoms with Gasteiger partial charge in [-0.15, -0.1) is 5.10 Å². The predicted octanol–water partition coefficient (Wildman–Crippen LogP) is 2.08. The van der Waals surface area contributed by atoms with Gasteiger partial charge in [0, 0.05) is 7.11 Å². The quantitative estimate of drug-likeness (QED) is 0.829. The fourth-order valence-corrected chi connectivity index (χ4v) is 2.28. The maximum Gasteiger partial charge on any atom is 0.308 e. The fraction of sp³-hybridized carbons (Fsp3) is 0.857. The number of carboxylic acid groups (broad SMARTS) is 1. The lowest BCUT2D eigenvalue weighted by atomic mass is 9.84. The zero-order chi connectivity index (χ0) is 16.3. The smallest absolute Gasteiger partial charge is 0.308 e. The molecule has 7 nitrogen and oxygen atoms in total. The summed E-state index contributed by atoms with van der Waals surface area (Å²) in [6.45, 7) is 10.2. The van der Waals surface area contributed by atoms with E-state index in [4.69, 9.17) is 4.74 Å². The number of ether oxygens (including phenoxy) is 1. The number of hydrogen-bond donors (Lipinski definition) is 1. The highest BCUT2D eigenvalue weighted by molar-refractivity contribution is 5.69. The van der Waals surface area contributed by atoms with Gasteiger partial charge < -0.3 is 9.84 Å². The molecule has 0 saturated heterocycles. The highest BCUT2D eigenvalue weighted by Gasteiger charge is 2.33. The third-order valence-corrected chi connectivity index (χ3v) is 3.73. The van der Waals surface area contributed by atoms with Gasteiger partial charge in [0.25, 0.3) is 0 Å². The van der Waals surface area contributed by atoms with Gasteiger partial charge >= 0.3 is 5.97 Å². The molecule has 0 fully saturated rings.